The van der Waals surface area contributed by atoms with Crippen LogP contribution in [0.5, 0.6) is 0 Å². The Kier molecular flexibility index (Phi) is 9.15. The lowest BCUT2D eigenvalue weighted by Gasteiger charge is -2.23. The summed E-state index contributed by atoms with van der Waals surface area (Å²) in [7, 11) is -2.86. The van der Waals surface area contributed by atoms with Crippen LogP contribution in [0.4, 0.5) is 0 Å². The van der Waals surface area contributed by atoms with Gasteiger partial charge in [0.25, 0.3) is 0 Å². The molecule has 2 aromatic heterocycles. The van der Waals surface area contributed by atoms with Gasteiger partial charge in [-0.25, -0.2) is 8.93 Å². The first-order valence-electron chi connectivity index (χ1n) is 12.5. The molecule has 0 spiro atoms. The second kappa shape index (κ2) is 11.7. The first-order chi connectivity index (χ1) is 16.4. The third-order valence-electron chi connectivity index (χ3n) is 6.32. The SMILES string of the molecule is C=S(=O)(NCc1noc([C@H](CCCC2CCCCC2)CC(=O)OC(C)(C)C)n1)c1c(C)noc1C. The smallest absolute Gasteiger partial charge is 0.307 e. The largest absolute Gasteiger partial charge is 0.460 e. The highest BCUT2D eigenvalue weighted by molar-refractivity contribution is 7.98. The van der Waals surface area contributed by atoms with Crippen LogP contribution in [-0.2, 0) is 25.8 Å². The van der Waals surface area contributed by atoms with Gasteiger partial charge in [-0.2, -0.15) is 4.98 Å². The van der Waals surface area contributed by atoms with E-state index < -0.39 is 15.3 Å². The van der Waals surface area contributed by atoms with E-state index in [2.05, 4.69) is 25.9 Å². The van der Waals surface area contributed by atoms with Gasteiger partial charge in [-0.3, -0.25) is 4.79 Å². The highest BCUT2D eigenvalue weighted by Gasteiger charge is 2.27. The van der Waals surface area contributed by atoms with Gasteiger partial charge in [0.15, 0.2) is 11.6 Å². The molecule has 1 aliphatic carbocycles. The van der Waals surface area contributed by atoms with E-state index in [0.29, 0.717) is 28.1 Å². The van der Waals surface area contributed by atoms with Gasteiger partial charge in [0.05, 0.1) is 28.4 Å². The molecule has 0 radical (unpaired) electrons. The molecule has 1 saturated carbocycles. The molecule has 1 fully saturated rings. The highest BCUT2D eigenvalue weighted by Crippen LogP contribution is 2.31. The van der Waals surface area contributed by atoms with E-state index in [9.17, 15) is 9.00 Å². The maximum atomic E-state index is 13.1. The molecule has 0 aliphatic heterocycles. The fourth-order valence-electron chi connectivity index (χ4n) is 4.73. The molecule has 0 aromatic carbocycles. The Morgan fingerprint density at radius 2 is 1.91 bits per heavy atom. The molecule has 35 heavy (non-hydrogen) atoms. The molecule has 0 amide bonds. The Morgan fingerprint density at radius 1 is 1.20 bits per heavy atom. The maximum absolute atomic E-state index is 13.1. The summed E-state index contributed by atoms with van der Waals surface area (Å²) in [6, 6.07) is 0. The number of rotatable bonds is 11. The van der Waals surface area contributed by atoms with Gasteiger partial charge in [-0.1, -0.05) is 55.3 Å². The number of nitrogens with one attached hydrogen (secondary N) is 1. The average Bonchev–Trinajstić information content (AvgIpc) is 3.37. The van der Waals surface area contributed by atoms with Crippen molar-refractivity contribution in [3.05, 3.63) is 23.2 Å². The Hall–Kier alpha value is -2.20. The second-order valence-electron chi connectivity index (χ2n) is 10.6. The predicted octanol–water partition coefficient (Wildman–Crippen LogP) is 5.02. The van der Waals surface area contributed by atoms with Gasteiger partial charge in [-0.05, 0) is 52.8 Å². The Labute approximate surface area is 208 Å². The molecule has 0 saturated heterocycles. The zero-order chi connectivity index (χ0) is 25.6. The van der Waals surface area contributed by atoms with Gasteiger partial charge >= 0.3 is 5.97 Å². The summed E-state index contributed by atoms with van der Waals surface area (Å²) < 4.78 is 32.2. The monoisotopic (exact) mass is 508 g/mol. The third-order valence-corrected chi connectivity index (χ3v) is 8.17. The first kappa shape index (κ1) is 27.4. The van der Waals surface area contributed by atoms with Crippen molar-refractivity contribution in [2.45, 2.75) is 115 Å². The second-order valence-corrected chi connectivity index (χ2v) is 12.7. The van der Waals surface area contributed by atoms with Crippen LogP contribution in [0, 0.1) is 19.8 Å². The van der Waals surface area contributed by atoms with E-state index in [1.54, 1.807) is 13.8 Å². The van der Waals surface area contributed by atoms with Gasteiger partial charge in [0, 0.05) is 5.92 Å². The van der Waals surface area contributed by atoms with Crippen LogP contribution in [0.1, 0.15) is 108 Å². The van der Waals surface area contributed by atoms with E-state index in [1.165, 1.54) is 32.1 Å². The van der Waals surface area contributed by atoms with Crippen molar-refractivity contribution < 1.29 is 22.8 Å². The maximum Gasteiger partial charge on any atom is 0.307 e. The average molecular weight is 509 g/mol. The minimum atomic E-state index is -2.86. The van der Waals surface area contributed by atoms with Crippen molar-refractivity contribution in [3.8, 4) is 0 Å². The van der Waals surface area contributed by atoms with Crippen LogP contribution < -0.4 is 4.72 Å². The summed E-state index contributed by atoms with van der Waals surface area (Å²) >= 11 is 0. The van der Waals surface area contributed by atoms with Crippen LogP contribution in [0.25, 0.3) is 0 Å². The first-order valence-corrected chi connectivity index (χ1v) is 14.3. The van der Waals surface area contributed by atoms with Crippen LogP contribution in [-0.4, -0.2) is 36.9 Å². The number of ether oxygens (including phenoxy) is 1. The van der Waals surface area contributed by atoms with Gasteiger partial charge in [-0.15, -0.1) is 0 Å². The van der Waals surface area contributed by atoms with Crippen molar-refractivity contribution >= 4 is 21.5 Å². The number of carbonyl (C=O) groups is 1. The summed E-state index contributed by atoms with van der Waals surface area (Å²) in [6.45, 7) is 9.08. The molecule has 196 valence electrons. The zero-order valence-corrected chi connectivity index (χ0v) is 22.5. The van der Waals surface area contributed by atoms with E-state index in [-0.39, 0.29) is 24.9 Å². The van der Waals surface area contributed by atoms with Crippen LogP contribution in [0.2, 0.25) is 0 Å². The Balaban J connectivity index is 1.65. The molecule has 1 unspecified atom stereocenters. The quantitative estimate of drug-likeness (QED) is 0.332. The lowest BCUT2D eigenvalue weighted by molar-refractivity contribution is -0.155. The van der Waals surface area contributed by atoms with E-state index >= 15 is 0 Å². The van der Waals surface area contributed by atoms with Crippen LogP contribution >= 0.6 is 0 Å². The summed E-state index contributed by atoms with van der Waals surface area (Å²) in [5.41, 5.74) is -0.0283. The number of esters is 1. The van der Waals surface area contributed by atoms with Crippen LogP contribution in [0.15, 0.2) is 13.9 Å². The normalized spacial score (nSPS) is 17.7. The van der Waals surface area contributed by atoms with Crippen LogP contribution in [0.3, 0.4) is 0 Å². The molecule has 9 nitrogen and oxygen atoms in total. The number of hydrogen-bond donors (Lipinski definition) is 1. The number of hydrogen-bond acceptors (Lipinski definition) is 8. The lowest BCUT2D eigenvalue weighted by Crippen LogP contribution is -2.25. The number of nitrogens with zero attached hydrogens (tertiary/aromatic N) is 3. The van der Waals surface area contributed by atoms with Gasteiger partial charge in [0.1, 0.15) is 10.5 Å². The molecule has 2 aromatic rings. The predicted molar refractivity (Wildman–Crippen MR) is 134 cm³/mol. The summed E-state index contributed by atoms with van der Waals surface area (Å²) in [6.07, 6.45) is 9.65. The summed E-state index contributed by atoms with van der Waals surface area (Å²) in [5, 5.41) is 7.91. The molecular weight excluding hydrogens is 468 g/mol. The Bertz CT molecular complexity index is 1060. The molecule has 10 heteroatoms. The number of aryl methyl sites for hydroxylation is 2. The molecule has 3 rings (SSSR count). The van der Waals surface area contributed by atoms with E-state index in [4.69, 9.17) is 13.8 Å². The topological polar surface area (TPSA) is 120 Å². The lowest BCUT2D eigenvalue weighted by atomic mass is 9.84. The summed E-state index contributed by atoms with van der Waals surface area (Å²) in [5.74, 6) is 5.30. The molecule has 0 bridgehead atoms. The Morgan fingerprint density at radius 3 is 2.54 bits per heavy atom. The molecular formula is C25H40N4O5S. The third kappa shape index (κ3) is 8.17. The van der Waals surface area contributed by atoms with Crippen molar-refractivity contribution in [2.24, 2.45) is 5.92 Å². The van der Waals surface area contributed by atoms with Crippen molar-refractivity contribution in [1.29, 1.82) is 0 Å². The number of carbonyl (C=O) groups excluding carboxylic acids is 1. The fraction of sp³-hybridized carbons (Fsp3) is 0.720. The van der Waals surface area contributed by atoms with Gasteiger partial charge in [0.2, 0.25) is 5.89 Å². The van der Waals surface area contributed by atoms with Crippen molar-refractivity contribution in [3.63, 3.8) is 0 Å². The summed E-state index contributed by atoms with van der Waals surface area (Å²) in [4.78, 5) is 17.5. The molecule has 1 N–H and O–H groups in total. The van der Waals surface area contributed by atoms with Gasteiger partial charge < -0.3 is 13.8 Å². The molecule has 1 aliphatic rings. The highest BCUT2D eigenvalue weighted by atomic mass is 32.2. The standard InChI is InChI=1S/C25H40N4O5S/c1-17-23(18(2)33-28-17)35(6,31)26-16-21-27-24(34-29-21)20(15-22(30)32-25(3,4)5)14-10-13-19-11-8-7-9-12-19/h19-20H,6-16H2,1-5H3,(H,26,31)/t20-,35?/m1/s1. The minimum Gasteiger partial charge on any atom is -0.460 e. The van der Waals surface area contributed by atoms with Crippen molar-refractivity contribution in [1.82, 2.24) is 20.0 Å². The zero-order valence-electron chi connectivity index (χ0n) is 21.7. The molecule has 2 atom stereocenters. The minimum absolute atomic E-state index is 0.0944. The van der Waals surface area contributed by atoms with E-state index in [1.807, 2.05) is 20.8 Å². The fourth-order valence-corrected chi connectivity index (χ4v) is 6.25. The number of aromatic nitrogens is 3. The van der Waals surface area contributed by atoms with E-state index in [0.717, 1.165) is 25.2 Å². The van der Waals surface area contributed by atoms with Crippen molar-refractivity contribution in [2.75, 3.05) is 0 Å². The molecule has 2 heterocycles.